The van der Waals surface area contributed by atoms with Crippen LogP contribution in [0, 0.1) is 0 Å². The lowest BCUT2D eigenvalue weighted by Crippen LogP contribution is -2.17. The number of benzene rings is 1. The van der Waals surface area contributed by atoms with Crippen molar-refractivity contribution in [3.63, 3.8) is 0 Å². The predicted octanol–water partition coefficient (Wildman–Crippen LogP) is 1.73. The molecule has 6 heteroatoms. The van der Waals surface area contributed by atoms with Gasteiger partial charge in [0.05, 0.1) is 11.4 Å². The Balaban J connectivity index is 2.92. The van der Waals surface area contributed by atoms with Gasteiger partial charge in [-0.05, 0) is 18.4 Å². The van der Waals surface area contributed by atoms with Crippen LogP contribution >= 0.6 is 11.8 Å². The van der Waals surface area contributed by atoms with E-state index in [0.29, 0.717) is 11.3 Å². The third-order valence-corrected chi connectivity index (χ3v) is 4.25. The molecule has 0 N–H and O–H groups in total. The molecule has 0 bridgehead atoms. The summed E-state index contributed by atoms with van der Waals surface area (Å²) in [4.78, 5) is 12.0. The number of rotatable bonds is 3. The SMILES string of the molecule is CSCn1cc(S(C)(=O)=O)c(=O)c2ccccc21. The highest BCUT2D eigenvalue weighted by Crippen LogP contribution is 2.16. The first-order valence-electron chi connectivity index (χ1n) is 5.26. The minimum Gasteiger partial charge on any atom is -0.336 e. The third-order valence-electron chi connectivity index (χ3n) is 2.62. The fraction of sp³-hybridized carbons (Fsp3) is 0.250. The van der Waals surface area contributed by atoms with Gasteiger partial charge in [-0.3, -0.25) is 4.79 Å². The lowest BCUT2D eigenvalue weighted by Gasteiger charge is -2.11. The third kappa shape index (κ3) is 2.30. The highest BCUT2D eigenvalue weighted by Gasteiger charge is 2.16. The summed E-state index contributed by atoms with van der Waals surface area (Å²) < 4.78 is 25.1. The fourth-order valence-corrected chi connectivity index (χ4v) is 3.09. The maximum absolute atomic E-state index is 12.1. The van der Waals surface area contributed by atoms with Crippen LogP contribution in [0.1, 0.15) is 0 Å². The van der Waals surface area contributed by atoms with Crippen molar-refractivity contribution in [1.82, 2.24) is 4.57 Å². The minimum absolute atomic E-state index is 0.143. The van der Waals surface area contributed by atoms with E-state index in [-0.39, 0.29) is 4.90 Å². The van der Waals surface area contributed by atoms with Gasteiger partial charge in [0, 0.05) is 17.8 Å². The fourth-order valence-electron chi connectivity index (χ4n) is 1.83. The Hall–Kier alpha value is -1.27. The van der Waals surface area contributed by atoms with Gasteiger partial charge in [-0.15, -0.1) is 11.8 Å². The molecule has 0 aliphatic rings. The van der Waals surface area contributed by atoms with E-state index in [9.17, 15) is 13.2 Å². The molecule has 2 aromatic rings. The molecule has 4 nitrogen and oxygen atoms in total. The zero-order valence-electron chi connectivity index (χ0n) is 10.1. The second-order valence-corrected chi connectivity index (χ2v) is 6.82. The van der Waals surface area contributed by atoms with Crippen molar-refractivity contribution >= 4 is 32.5 Å². The summed E-state index contributed by atoms with van der Waals surface area (Å²) in [5, 5.41) is 0.439. The van der Waals surface area contributed by atoms with Crippen molar-refractivity contribution in [2.45, 2.75) is 10.8 Å². The Morgan fingerprint density at radius 2 is 1.94 bits per heavy atom. The minimum atomic E-state index is -3.51. The van der Waals surface area contributed by atoms with Gasteiger partial charge in [-0.1, -0.05) is 12.1 Å². The number of sulfone groups is 1. The number of aromatic nitrogens is 1. The van der Waals surface area contributed by atoms with Crippen LogP contribution < -0.4 is 5.43 Å². The van der Waals surface area contributed by atoms with Gasteiger partial charge in [0.25, 0.3) is 0 Å². The molecule has 0 saturated carbocycles. The van der Waals surface area contributed by atoms with Crippen molar-refractivity contribution in [2.75, 3.05) is 12.5 Å². The van der Waals surface area contributed by atoms with Crippen LogP contribution in [0.15, 0.2) is 40.2 Å². The van der Waals surface area contributed by atoms with E-state index in [1.54, 1.807) is 28.5 Å². The smallest absolute Gasteiger partial charge is 0.208 e. The standard InChI is InChI=1S/C12H13NO3S2/c1-17-8-13-7-11(18(2,15)16)12(14)9-5-3-4-6-10(9)13/h3-7H,8H2,1-2H3. The zero-order chi connectivity index (χ0) is 13.3. The van der Waals surface area contributed by atoms with Gasteiger partial charge < -0.3 is 4.57 Å². The van der Waals surface area contributed by atoms with Crippen LogP contribution in [-0.4, -0.2) is 25.5 Å². The molecule has 0 spiro atoms. The van der Waals surface area contributed by atoms with Gasteiger partial charge in [0.1, 0.15) is 4.90 Å². The summed E-state index contributed by atoms with van der Waals surface area (Å²) in [7, 11) is -3.51. The maximum atomic E-state index is 12.1. The average Bonchev–Trinajstić information content (AvgIpc) is 2.31. The molecule has 0 amide bonds. The number of nitrogens with zero attached hydrogens (tertiary/aromatic N) is 1. The zero-order valence-corrected chi connectivity index (χ0v) is 11.7. The Bertz CT molecular complexity index is 747. The van der Waals surface area contributed by atoms with Crippen LogP contribution in [0.4, 0.5) is 0 Å². The van der Waals surface area contributed by atoms with Crippen molar-refractivity contribution in [1.29, 1.82) is 0 Å². The summed E-state index contributed by atoms with van der Waals surface area (Å²) in [5.74, 6) is 0.601. The first-order chi connectivity index (χ1) is 8.45. The number of hydrogen-bond acceptors (Lipinski definition) is 4. The lowest BCUT2D eigenvalue weighted by atomic mass is 10.2. The van der Waals surface area contributed by atoms with E-state index >= 15 is 0 Å². The first kappa shape index (κ1) is 13.2. The van der Waals surface area contributed by atoms with Crippen LogP contribution in [0.5, 0.6) is 0 Å². The molecule has 0 fully saturated rings. The number of fused-ring (bicyclic) bond motifs is 1. The van der Waals surface area contributed by atoms with Crippen LogP contribution in [0.3, 0.4) is 0 Å². The summed E-state index contributed by atoms with van der Waals surface area (Å²) in [5.41, 5.74) is 0.328. The lowest BCUT2D eigenvalue weighted by molar-refractivity contribution is 0.600. The highest BCUT2D eigenvalue weighted by atomic mass is 32.2. The first-order valence-corrected chi connectivity index (χ1v) is 8.55. The van der Waals surface area contributed by atoms with E-state index in [2.05, 4.69) is 0 Å². The number of pyridine rings is 1. The molecule has 1 aromatic heterocycles. The van der Waals surface area contributed by atoms with E-state index in [1.165, 1.54) is 6.20 Å². The summed E-state index contributed by atoms with van der Waals surface area (Å²) in [6.45, 7) is 0. The molecule has 0 atom stereocenters. The van der Waals surface area contributed by atoms with E-state index in [0.717, 1.165) is 11.8 Å². The molecule has 0 aliphatic heterocycles. The second kappa shape index (κ2) is 4.78. The van der Waals surface area contributed by atoms with Gasteiger partial charge in [-0.2, -0.15) is 0 Å². The summed E-state index contributed by atoms with van der Waals surface area (Å²) in [6.07, 6.45) is 4.41. The second-order valence-electron chi connectivity index (χ2n) is 4.00. The Morgan fingerprint density at radius 3 is 2.56 bits per heavy atom. The molecule has 2 rings (SSSR count). The summed E-state index contributed by atoms with van der Waals surface area (Å²) in [6, 6.07) is 7.04. The summed E-state index contributed by atoms with van der Waals surface area (Å²) >= 11 is 1.56. The molecular formula is C12H13NO3S2. The molecule has 0 saturated heterocycles. The molecule has 1 heterocycles. The van der Waals surface area contributed by atoms with Crippen molar-refractivity contribution in [2.24, 2.45) is 0 Å². The van der Waals surface area contributed by atoms with Gasteiger partial charge in [-0.25, -0.2) is 8.42 Å². The van der Waals surface area contributed by atoms with E-state index < -0.39 is 15.3 Å². The van der Waals surface area contributed by atoms with Crippen molar-refractivity contribution in [3.8, 4) is 0 Å². The molecule has 1 aromatic carbocycles. The highest BCUT2D eigenvalue weighted by molar-refractivity contribution is 7.97. The molecule has 18 heavy (non-hydrogen) atoms. The molecular weight excluding hydrogens is 270 g/mol. The van der Waals surface area contributed by atoms with Gasteiger partial charge in [0.15, 0.2) is 9.84 Å². The van der Waals surface area contributed by atoms with E-state index in [1.807, 2.05) is 18.4 Å². The number of hydrogen-bond donors (Lipinski definition) is 0. The van der Waals surface area contributed by atoms with Crippen LogP contribution in [-0.2, 0) is 15.7 Å². The molecule has 0 unspecified atom stereocenters. The normalized spacial score (nSPS) is 11.9. The van der Waals surface area contributed by atoms with Gasteiger partial charge >= 0.3 is 0 Å². The Labute approximate surface area is 110 Å². The maximum Gasteiger partial charge on any atom is 0.208 e. The molecule has 0 aliphatic carbocycles. The van der Waals surface area contributed by atoms with Gasteiger partial charge in [0.2, 0.25) is 5.43 Å². The monoisotopic (exact) mass is 283 g/mol. The predicted molar refractivity (Wildman–Crippen MR) is 74.8 cm³/mol. The molecule has 96 valence electrons. The van der Waals surface area contributed by atoms with Crippen molar-refractivity contribution in [3.05, 3.63) is 40.7 Å². The van der Waals surface area contributed by atoms with E-state index in [4.69, 9.17) is 0 Å². The molecule has 0 radical (unpaired) electrons. The Kier molecular flexibility index (Phi) is 3.49. The van der Waals surface area contributed by atoms with Crippen LogP contribution in [0.2, 0.25) is 0 Å². The topological polar surface area (TPSA) is 56.1 Å². The average molecular weight is 283 g/mol. The number of para-hydroxylation sites is 1. The van der Waals surface area contributed by atoms with Crippen LogP contribution in [0.25, 0.3) is 10.9 Å². The Morgan fingerprint density at radius 1 is 1.28 bits per heavy atom. The largest absolute Gasteiger partial charge is 0.336 e. The quantitative estimate of drug-likeness (QED) is 0.860. The van der Waals surface area contributed by atoms with Crippen molar-refractivity contribution < 1.29 is 8.42 Å². The number of thioether (sulfide) groups is 1.